The number of halogens is 1. The maximum absolute atomic E-state index is 4.38. The van der Waals surface area contributed by atoms with Crippen molar-refractivity contribution in [3.63, 3.8) is 0 Å². The molecule has 2 heterocycles. The van der Waals surface area contributed by atoms with Gasteiger partial charge >= 0.3 is 0 Å². The molecule has 106 valence electrons. The Morgan fingerprint density at radius 2 is 2.16 bits per heavy atom. The molecule has 0 amide bonds. The molecule has 0 saturated carbocycles. The van der Waals surface area contributed by atoms with Crippen molar-refractivity contribution in [2.75, 3.05) is 5.32 Å². The molecule has 0 spiro atoms. The topological polar surface area (TPSA) is 47.7 Å². The summed E-state index contributed by atoms with van der Waals surface area (Å²) in [5.41, 5.74) is 2.33. The SMILES string of the molecule is CCC(C)n1nccc1CNc1cc(C)n(C)n1.Cl. The summed E-state index contributed by atoms with van der Waals surface area (Å²) in [6.45, 7) is 7.15. The fourth-order valence-corrected chi connectivity index (χ4v) is 1.88. The van der Waals surface area contributed by atoms with Gasteiger partial charge in [-0.1, -0.05) is 6.92 Å². The van der Waals surface area contributed by atoms with Crippen LogP contribution in [-0.2, 0) is 13.6 Å². The quantitative estimate of drug-likeness (QED) is 0.918. The highest BCUT2D eigenvalue weighted by Gasteiger charge is 2.08. The molecule has 1 unspecified atom stereocenters. The summed E-state index contributed by atoms with van der Waals surface area (Å²) in [7, 11) is 1.95. The van der Waals surface area contributed by atoms with Gasteiger partial charge in [-0.3, -0.25) is 9.36 Å². The van der Waals surface area contributed by atoms with Crippen molar-refractivity contribution in [3.8, 4) is 0 Å². The Morgan fingerprint density at radius 1 is 1.42 bits per heavy atom. The van der Waals surface area contributed by atoms with Crippen LogP contribution in [0.15, 0.2) is 18.3 Å². The third-order valence-electron chi connectivity index (χ3n) is 3.32. The molecule has 2 aromatic heterocycles. The highest BCUT2D eigenvalue weighted by atomic mass is 35.5. The molecule has 5 nitrogen and oxygen atoms in total. The smallest absolute Gasteiger partial charge is 0.148 e. The average Bonchev–Trinajstić information content (AvgIpc) is 2.93. The lowest BCUT2D eigenvalue weighted by Gasteiger charge is -2.13. The Morgan fingerprint density at radius 3 is 2.74 bits per heavy atom. The normalized spacial score (nSPS) is 12.0. The molecule has 0 fully saturated rings. The van der Waals surface area contributed by atoms with Crippen LogP contribution in [-0.4, -0.2) is 19.6 Å². The molecule has 0 radical (unpaired) electrons. The van der Waals surface area contributed by atoms with Gasteiger partial charge in [0.15, 0.2) is 0 Å². The number of anilines is 1. The van der Waals surface area contributed by atoms with Crippen molar-refractivity contribution in [2.45, 2.75) is 39.8 Å². The summed E-state index contributed by atoms with van der Waals surface area (Å²) >= 11 is 0. The monoisotopic (exact) mass is 283 g/mol. The van der Waals surface area contributed by atoms with Crippen molar-refractivity contribution >= 4 is 18.2 Å². The number of hydrogen-bond donors (Lipinski definition) is 1. The van der Waals surface area contributed by atoms with Crippen molar-refractivity contribution in [3.05, 3.63) is 29.7 Å². The van der Waals surface area contributed by atoms with Crippen LogP contribution in [0.1, 0.15) is 37.7 Å². The van der Waals surface area contributed by atoms with Gasteiger partial charge in [0.2, 0.25) is 0 Å². The molecule has 0 bridgehead atoms. The third kappa shape index (κ3) is 3.50. The first-order valence-electron chi connectivity index (χ1n) is 6.38. The minimum absolute atomic E-state index is 0. The number of aryl methyl sites for hydroxylation is 2. The predicted molar refractivity (Wildman–Crippen MR) is 79.7 cm³/mol. The number of nitrogens with one attached hydrogen (secondary N) is 1. The van der Waals surface area contributed by atoms with E-state index in [1.807, 2.05) is 30.9 Å². The van der Waals surface area contributed by atoms with Crippen LogP contribution in [0.2, 0.25) is 0 Å². The Labute approximate surface area is 120 Å². The lowest BCUT2D eigenvalue weighted by molar-refractivity contribution is 0.462. The molecule has 0 aromatic carbocycles. The zero-order chi connectivity index (χ0) is 13.1. The zero-order valence-electron chi connectivity index (χ0n) is 11.9. The number of hydrogen-bond acceptors (Lipinski definition) is 3. The minimum atomic E-state index is 0. The summed E-state index contributed by atoms with van der Waals surface area (Å²) in [6, 6.07) is 4.53. The first-order chi connectivity index (χ1) is 8.61. The second-order valence-corrected chi connectivity index (χ2v) is 4.67. The first kappa shape index (κ1) is 15.6. The van der Waals surface area contributed by atoms with Gasteiger partial charge in [-0.2, -0.15) is 10.2 Å². The Balaban J connectivity index is 0.00000180. The maximum atomic E-state index is 4.38. The van der Waals surface area contributed by atoms with Gasteiger partial charge in [0.25, 0.3) is 0 Å². The molecule has 0 saturated heterocycles. The lowest BCUT2D eigenvalue weighted by atomic mass is 10.2. The van der Waals surface area contributed by atoms with Gasteiger partial charge in [0, 0.05) is 31.0 Å². The second kappa shape index (κ2) is 6.61. The van der Waals surface area contributed by atoms with Crippen LogP contribution < -0.4 is 5.32 Å². The van der Waals surface area contributed by atoms with E-state index < -0.39 is 0 Å². The maximum Gasteiger partial charge on any atom is 0.148 e. The zero-order valence-corrected chi connectivity index (χ0v) is 12.7. The number of nitrogens with zero attached hydrogens (tertiary/aromatic N) is 4. The molecular formula is C13H22ClN5. The second-order valence-electron chi connectivity index (χ2n) is 4.67. The van der Waals surface area contributed by atoms with Crippen LogP contribution in [0.3, 0.4) is 0 Å². The van der Waals surface area contributed by atoms with Crippen molar-refractivity contribution in [1.29, 1.82) is 0 Å². The highest BCUT2D eigenvalue weighted by Crippen LogP contribution is 2.14. The summed E-state index contributed by atoms with van der Waals surface area (Å²) in [5.74, 6) is 0.909. The van der Waals surface area contributed by atoms with E-state index in [4.69, 9.17) is 0 Å². The van der Waals surface area contributed by atoms with Crippen LogP contribution in [0.5, 0.6) is 0 Å². The third-order valence-corrected chi connectivity index (χ3v) is 3.32. The molecule has 0 aliphatic carbocycles. The summed E-state index contributed by atoms with van der Waals surface area (Å²) in [4.78, 5) is 0. The summed E-state index contributed by atoms with van der Waals surface area (Å²) in [5, 5.41) is 12.1. The fourth-order valence-electron chi connectivity index (χ4n) is 1.88. The van der Waals surface area contributed by atoms with Gasteiger partial charge in [-0.15, -0.1) is 12.4 Å². The molecule has 2 aromatic rings. The van der Waals surface area contributed by atoms with Gasteiger partial charge in [-0.05, 0) is 26.3 Å². The van der Waals surface area contributed by atoms with Crippen LogP contribution in [0.4, 0.5) is 5.82 Å². The Bertz CT molecular complexity index is 497. The van der Waals surface area contributed by atoms with Crippen LogP contribution in [0.25, 0.3) is 0 Å². The van der Waals surface area contributed by atoms with E-state index in [0.29, 0.717) is 6.04 Å². The van der Waals surface area contributed by atoms with Crippen molar-refractivity contribution in [1.82, 2.24) is 19.6 Å². The van der Waals surface area contributed by atoms with Gasteiger partial charge < -0.3 is 5.32 Å². The lowest BCUT2D eigenvalue weighted by Crippen LogP contribution is -2.12. The summed E-state index contributed by atoms with van der Waals surface area (Å²) in [6.07, 6.45) is 2.93. The van der Waals surface area contributed by atoms with E-state index in [1.54, 1.807) is 0 Å². The van der Waals surface area contributed by atoms with Crippen LogP contribution in [0, 0.1) is 6.92 Å². The van der Waals surface area contributed by atoms with Crippen molar-refractivity contribution in [2.24, 2.45) is 7.05 Å². The minimum Gasteiger partial charge on any atom is -0.363 e. The highest BCUT2D eigenvalue weighted by molar-refractivity contribution is 5.85. The van der Waals surface area contributed by atoms with Gasteiger partial charge in [0.1, 0.15) is 5.82 Å². The van der Waals surface area contributed by atoms with Crippen molar-refractivity contribution < 1.29 is 0 Å². The molecule has 1 atom stereocenters. The van der Waals surface area contributed by atoms with E-state index in [0.717, 1.165) is 24.5 Å². The molecule has 0 aliphatic heterocycles. The standard InChI is InChI=1S/C13H21N5.ClH/c1-5-10(2)18-12(6-7-15-18)9-14-13-8-11(3)17(4)16-13;/h6-8,10H,5,9H2,1-4H3,(H,14,16);1H. The van der Waals surface area contributed by atoms with Gasteiger partial charge in [0.05, 0.1) is 12.2 Å². The molecular weight excluding hydrogens is 262 g/mol. The molecule has 0 aliphatic rings. The van der Waals surface area contributed by atoms with E-state index >= 15 is 0 Å². The van der Waals surface area contributed by atoms with Crippen LogP contribution >= 0.6 is 12.4 Å². The van der Waals surface area contributed by atoms with E-state index in [-0.39, 0.29) is 12.4 Å². The van der Waals surface area contributed by atoms with Gasteiger partial charge in [-0.25, -0.2) is 0 Å². The number of rotatable bonds is 5. The molecule has 1 N–H and O–H groups in total. The predicted octanol–water partition coefficient (Wildman–Crippen LogP) is 2.93. The van der Waals surface area contributed by atoms with E-state index in [1.165, 1.54) is 5.69 Å². The summed E-state index contributed by atoms with van der Waals surface area (Å²) < 4.78 is 3.94. The fraction of sp³-hybridized carbons (Fsp3) is 0.538. The molecule has 6 heteroatoms. The van der Waals surface area contributed by atoms with E-state index in [2.05, 4.69) is 40.1 Å². The average molecular weight is 284 g/mol. The Kier molecular flexibility index (Phi) is 5.42. The number of aromatic nitrogens is 4. The largest absolute Gasteiger partial charge is 0.363 e. The molecule has 19 heavy (non-hydrogen) atoms. The van der Waals surface area contributed by atoms with E-state index in [9.17, 15) is 0 Å². The first-order valence-corrected chi connectivity index (χ1v) is 6.38. The Hall–Kier alpha value is -1.49. The molecule has 2 rings (SSSR count).